The molecule has 1 aliphatic rings. The first-order valence-corrected chi connectivity index (χ1v) is 4.62. The van der Waals surface area contributed by atoms with Gasteiger partial charge in [0, 0.05) is 19.5 Å². The van der Waals surface area contributed by atoms with Crippen molar-refractivity contribution in [2.75, 3.05) is 19.7 Å². The number of rotatable bonds is 2. The third kappa shape index (κ3) is 2.48. The molecule has 1 amide bonds. The average Bonchev–Trinajstić information content (AvgIpc) is 2.05. The molecule has 0 aromatic heterocycles. The fraction of sp³-hybridized carbons (Fsp3) is 0.889. The number of likely N-dealkylation sites (tertiary alicyclic amines) is 1. The number of nitrogens with zero attached hydrogens (tertiary/aromatic N) is 1. The highest BCUT2D eigenvalue weighted by Gasteiger charge is 2.19. The number of carbonyl (C=O) groups excluding carboxylic acids is 1. The van der Waals surface area contributed by atoms with E-state index in [1.54, 1.807) is 0 Å². The van der Waals surface area contributed by atoms with Gasteiger partial charge in [0.2, 0.25) is 5.91 Å². The molecule has 0 unspecified atom stereocenters. The highest BCUT2D eigenvalue weighted by atomic mass is 16.3. The van der Waals surface area contributed by atoms with Crippen LogP contribution in [0, 0.1) is 5.92 Å². The maximum atomic E-state index is 11.3. The van der Waals surface area contributed by atoms with E-state index < -0.39 is 0 Å². The average molecular weight is 171 g/mol. The quantitative estimate of drug-likeness (QED) is 0.662. The molecule has 1 saturated heterocycles. The molecule has 0 bridgehead atoms. The van der Waals surface area contributed by atoms with Gasteiger partial charge in [-0.05, 0) is 18.8 Å². The zero-order chi connectivity index (χ0) is 8.97. The number of carbonyl (C=O) groups is 1. The van der Waals surface area contributed by atoms with Crippen molar-refractivity contribution in [2.24, 2.45) is 5.92 Å². The van der Waals surface area contributed by atoms with Gasteiger partial charge in [0.05, 0.1) is 6.61 Å². The Hall–Kier alpha value is -0.570. The maximum Gasteiger partial charge on any atom is 0.224 e. The zero-order valence-corrected chi connectivity index (χ0v) is 7.62. The lowest BCUT2D eigenvalue weighted by atomic mass is 10.0. The van der Waals surface area contributed by atoms with Crippen LogP contribution in [0.15, 0.2) is 0 Å². The molecule has 0 radical (unpaired) electrons. The summed E-state index contributed by atoms with van der Waals surface area (Å²) >= 11 is 0. The van der Waals surface area contributed by atoms with Crippen LogP contribution in [0.25, 0.3) is 0 Å². The minimum atomic E-state index is -0.0241. The molecule has 3 heteroatoms. The van der Waals surface area contributed by atoms with E-state index in [2.05, 4.69) is 6.92 Å². The van der Waals surface area contributed by atoms with Crippen LogP contribution in [0.2, 0.25) is 0 Å². The molecule has 1 atom stereocenters. The van der Waals surface area contributed by atoms with Crippen LogP contribution in [0.5, 0.6) is 0 Å². The molecule has 0 aromatic carbocycles. The standard InChI is InChI=1S/C9H17NO2/c1-8-3-2-5-10(7-8)9(12)4-6-11/h8,11H,2-7H2,1H3/t8-/m0/s1. The molecule has 0 aromatic rings. The molecule has 1 heterocycles. The third-order valence-electron chi connectivity index (χ3n) is 2.34. The van der Waals surface area contributed by atoms with Crippen LogP contribution in [0.4, 0.5) is 0 Å². The van der Waals surface area contributed by atoms with Crippen molar-refractivity contribution in [3.8, 4) is 0 Å². The van der Waals surface area contributed by atoms with E-state index in [4.69, 9.17) is 5.11 Å². The SMILES string of the molecule is C[C@H]1CCCN(C(=O)CCO)C1. The van der Waals surface area contributed by atoms with Gasteiger partial charge in [0.25, 0.3) is 0 Å². The number of piperidine rings is 1. The van der Waals surface area contributed by atoms with Gasteiger partial charge >= 0.3 is 0 Å². The van der Waals surface area contributed by atoms with E-state index in [-0.39, 0.29) is 18.9 Å². The second kappa shape index (κ2) is 4.45. The number of amides is 1. The predicted octanol–water partition coefficient (Wildman–Crippen LogP) is 0.627. The lowest BCUT2D eigenvalue weighted by Gasteiger charge is -2.30. The monoisotopic (exact) mass is 171 g/mol. The molecule has 3 nitrogen and oxygen atoms in total. The summed E-state index contributed by atoms with van der Waals surface area (Å²) in [5.74, 6) is 0.727. The number of hydrogen-bond acceptors (Lipinski definition) is 2. The molecular weight excluding hydrogens is 154 g/mol. The Kier molecular flexibility index (Phi) is 3.53. The lowest BCUT2D eigenvalue weighted by molar-refractivity contribution is -0.133. The van der Waals surface area contributed by atoms with Crippen molar-refractivity contribution in [1.82, 2.24) is 4.90 Å². The van der Waals surface area contributed by atoms with Crippen molar-refractivity contribution in [1.29, 1.82) is 0 Å². The number of aliphatic hydroxyl groups excluding tert-OH is 1. The minimum Gasteiger partial charge on any atom is -0.396 e. The first kappa shape index (κ1) is 9.52. The van der Waals surface area contributed by atoms with E-state index in [1.165, 1.54) is 6.42 Å². The summed E-state index contributed by atoms with van der Waals surface area (Å²) in [6.07, 6.45) is 2.62. The van der Waals surface area contributed by atoms with E-state index in [0.29, 0.717) is 5.92 Å². The van der Waals surface area contributed by atoms with Crippen LogP contribution in [0.3, 0.4) is 0 Å². The van der Waals surface area contributed by atoms with Gasteiger partial charge in [-0.15, -0.1) is 0 Å². The zero-order valence-electron chi connectivity index (χ0n) is 7.62. The summed E-state index contributed by atoms with van der Waals surface area (Å²) < 4.78 is 0. The molecule has 1 fully saturated rings. The lowest BCUT2D eigenvalue weighted by Crippen LogP contribution is -2.39. The van der Waals surface area contributed by atoms with Crippen molar-refractivity contribution < 1.29 is 9.90 Å². The number of aliphatic hydroxyl groups is 1. The van der Waals surface area contributed by atoms with Crippen LogP contribution >= 0.6 is 0 Å². The van der Waals surface area contributed by atoms with Crippen molar-refractivity contribution in [3.05, 3.63) is 0 Å². The molecule has 1 N–H and O–H groups in total. The predicted molar refractivity (Wildman–Crippen MR) is 46.7 cm³/mol. The van der Waals surface area contributed by atoms with Crippen LogP contribution in [-0.4, -0.2) is 35.6 Å². The van der Waals surface area contributed by atoms with Gasteiger partial charge in [0.15, 0.2) is 0 Å². The molecule has 0 aliphatic carbocycles. The summed E-state index contributed by atoms with van der Waals surface area (Å²) in [5, 5.41) is 8.59. The first-order valence-electron chi connectivity index (χ1n) is 4.62. The van der Waals surface area contributed by atoms with Crippen LogP contribution < -0.4 is 0 Å². The second-order valence-corrected chi connectivity index (χ2v) is 3.56. The highest BCUT2D eigenvalue weighted by molar-refractivity contribution is 5.76. The van der Waals surface area contributed by atoms with Crippen molar-refractivity contribution >= 4 is 5.91 Å². The van der Waals surface area contributed by atoms with E-state index in [0.717, 1.165) is 19.5 Å². The van der Waals surface area contributed by atoms with Crippen molar-refractivity contribution in [3.63, 3.8) is 0 Å². The molecule has 0 saturated carbocycles. The van der Waals surface area contributed by atoms with Gasteiger partial charge in [-0.3, -0.25) is 4.79 Å². The fourth-order valence-corrected chi connectivity index (χ4v) is 1.67. The second-order valence-electron chi connectivity index (χ2n) is 3.56. The Balaban J connectivity index is 2.35. The molecule has 1 aliphatic heterocycles. The molecule has 1 rings (SSSR count). The van der Waals surface area contributed by atoms with Gasteiger partial charge in [-0.25, -0.2) is 0 Å². The number of hydrogen-bond donors (Lipinski definition) is 1. The molecule has 0 spiro atoms. The first-order chi connectivity index (χ1) is 5.74. The van der Waals surface area contributed by atoms with E-state index in [9.17, 15) is 4.79 Å². The Labute approximate surface area is 73.4 Å². The summed E-state index contributed by atoms with van der Waals surface area (Å²) in [6, 6.07) is 0. The topological polar surface area (TPSA) is 40.5 Å². The largest absolute Gasteiger partial charge is 0.396 e. The maximum absolute atomic E-state index is 11.3. The summed E-state index contributed by atoms with van der Waals surface area (Å²) in [5.41, 5.74) is 0. The van der Waals surface area contributed by atoms with Crippen LogP contribution in [-0.2, 0) is 4.79 Å². The summed E-state index contributed by atoms with van der Waals surface area (Å²) in [6.45, 7) is 3.89. The molecule has 70 valence electrons. The van der Waals surface area contributed by atoms with Gasteiger partial charge in [-0.2, -0.15) is 0 Å². The smallest absolute Gasteiger partial charge is 0.224 e. The third-order valence-corrected chi connectivity index (χ3v) is 2.34. The fourth-order valence-electron chi connectivity index (χ4n) is 1.67. The Morgan fingerprint density at radius 1 is 1.67 bits per heavy atom. The van der Waals surface area contributed by atoms with Crippen LogP contribution in [0.1, 0.15) is 26.2 Å². The Morgan fingerprint density at radius 2 is 2.42 bits per heavy atom. The van der Waals surface area contributed by atoms with E-state index in [1.807, 2.05) is 4.90 Å². The summed E-state index contributed by atoms with van der Waals surface area (Å²) in [4.78, 5) is 13.2. The van der Waals surface area contributed by atoms with Crippen molar-refractivity contribution in [2.45, 2.75) is 26.2 Å². The summed E-state index contributed by atoms with van der Waals surface area (Å²) in [7, 11) is 0. The highest BCUT2D eigenvalue weighted by Crippen LogP contribution is 2.15. The minimum absolute atomic E-state index is 0.0241. The molecular formula is C9H17NO2. The van der Waals surface area contributed by atoms with Gasteiger partial charge < -0.3 is 10.0 Å². The Bertz CT molecular complexity index is 159. The molecule has 12 heavy (non-hydrogen) atoms. The van der Waals surface area contributed by atoms with Gasteiger partial charge in [-0.1, -0.05) is 6.92 Å². The van der Waals surface area contributed by atoms with Gasteiger partial charge in [0.1, 0.15) is 0 Å². The normalized spacial score (nSPS) is 24.2. The Morgan fingerprint density at radius 3 is 3.00 bits per heavy atom. The van der Waals surface area contributed by atoms with E-state index >= 15 is 0 Å².